The molecular formula is C16H22N2O3. The van der Waals surface area contributed by atoms with Crippen molar-refractivity contribution in [1.82, 2.24) is 5.32 Å². The van der Waals surface area contributed by atoms with Crippen LogP contribution < -0.4 is 10.6 Å². The summed E-state index contributed by atoms with van der Waals surface area (Å²) in [4.78, 5) is 22.9. The second-order valence-electron chi connectivity index (χ2n) is 5.55. The highest BCUT2D eigenvalue weighted by Gasteiger charge is 2.30. The molecule has 5 heteroatoms. The Balaban J connectivity index is 1.89. The second-order valence-corrected chi connectivity index (χ2v) is 5.55. The van der Waals surface area contributed by atoms with Gasteiger partial charge in [-0.1, -0.05) is 31.5 Å². The van der Waals surface area contributed by atoms with Gasteiger partial charge in [-0.05, 0) is 37.3 Å². The van der Waals surface area contributed by atoms with E-state index in [1.807, 2.05) is 24.3 Å². The van der Waals surface area contributed by atoms with Gasteiger partial charge in [0.15, 0.2) is 0 Å². The number of carboxylic acids is 1. The van der Waals surface area contributed by atoms with E-state index in [0.29, 0.717) is 12.8 Å². The first-order valence-electron chi connectivity index (χ1n) is 7.48. The van der Waals surface area contributed by atoms with Gasteiger partial charge in [0.05, 0.1) is 5.92 Å². The minimum Gasteiger partial charge on any atom is -0.481 e. The number of carbonyl (C=O) groups excluding carboxylic acids is 1. The van der Waals surface area contributed by atoms with Crippen molar-refractivity contribution in [2.45, 2.75) is 45.1 Å². The van der Waals surface area contributed by atoms with Gasteiger partial charge in [-0.15, -0.1) is 0 Å². The van der Waals surface area contributed by atoms with Crippen molar-refractivity contribution in [2.24, 2.45) is 5.92 Å². The molecule has 0 spiro atoms. The first-order chi connectivity index (χ1) is 10.1. The van der Waals surface area contributed by atoms with Crippen molar-refractivity contribution in [2.75, 3.05) is 5.32 Å². The Labute approximate surface area is 124 Å². The third-order valence-corrected chi connectivity index (χ3v) is 3.90. The summed E-state index contributed by atoms with van der Waals surface area (Å²) >= 11 is 0. The van der Waals surface area contributed by atoms with E-state index in [1.54, 1.807) is 0 Å². The fourth-order valence-electron chi connectivity index (χ4n) is 2.81. The molecule has 1 aromatic rings. The van der Waals surface area contributed by atoms with Crippen molar-refractivity contribution in [3.05, 3.63) is 29.8 Å². The summed E-state index contributed by atoms with van der Waals surface area (Å²) in [6, 6.07) is 7.45. The van der Waals surface area contributed by atoms with Crippen LogP contribution in [0.1, 0.15) is 38.2 Å². The predicted octanol–water partition coefficient (Wildman–Crippen LogP) is 3.01. The largest absolute Gasteiger partial charge is 0.481 e. The lowest BCUT2D eigenvalue weighted by molar-refractivity contribution is -0.141. The van der Waals surface area contributed by atoms with Gasteiger partial charge in [0.2, 0.25) is 0 Å². The average molecular weight is 290 g/mol. The van der Waals surface area contributed by atoms with Crippen molar-refractivity contribution >= 4 is 17.7 Å². The van der Waals surface area contributed by atoms with Crippen LogP contribution in [-0.2, 0) is 11.2 Å². The van der Waals surface area contributed by atoms with E-state index in [-0.39, 0.29) is 18.0 Å². The van der Waals surface area contributed by atoms with Crippen LogP contribution in [-0.4, -0.2) is 23.1 Å². The molecule has 114 valence electrons. The van der Waals surface area contributed by atoms with E-state index in [0.717, 1.165) is 30.5 Å². The molecule has 0 heterocycles. The van der Waals surface area contributed by atoms with Crippen LogP contribution in [0, 0.1) is 5.92 Å². The molecule has 0 unspecified atom stereocenters. The number of carboxylic acid groups (broad SMARTS) is 1. The summed E-state index contributed by atoms with van der Waals surface area (Å²) < 4.78 is 0. The number of carbonyl (C=O) groups is 2. The van der Waals surface area contributed by atoms with Gasteiger partial charge in [0, 0.05) is 11.7 Å². The lowest BCUT2D eigenvalue weighted by Gasteiger charge is -2.15. The van der Waals surface area contributed by atoms with E-state index < -0.39 is 5.97 Å². The first-order valence-corrected chi connectivity index (χ1v) is 7.48. The van der Waals surface area contributed by atoms with Crippen LogP contribution >= 0.6 is 0 Å². The molecular weight excluding hydrogens is 268 g/mol. The molecule has 21 heavy (non-hydrogen) atoms. The van der Waals surface area contributed by atoms with Crippen LogP contribution in [0.2, 0.25) is 0 Å². The van der Waals surface area contributed by atoms with Crippen LogP contribution in [0.3, 0.4) is 0 Å². The summed E-state index contributed by atoms with van der Waals surface area (Å²) in [5.74, 6) is -1.10. The monoisotopic (exact) mass is 290 g/mol. The van der Waals surface area contributed by atoms with E-state index in [9.17, 15) is 9.59 Å². The number of para-hydroxylation sites is 1. The molecule has 0 radical (unpaired) electrons. The van der Waals surface area contributed by atoms with Gasteiger partial charge >= 0.3 is 12.0 Å². The molecule has 2 amide bonds. The molecule has 0 aliphatic heterocycles. The Kier molecular flexibility index (Phi) is 5.20. The normalized spacial score (nSPS) is 21.0. The highest BCUT2D eigenvalue weighted by molar-refractivity contribution is 5.90. The number of anilines is 1. The number of rotatable bonds is 5. The zero-order valence-corrected chi connectivity index (χ0v) is 12.3. The van der Waals surface area contributed by atoms with E-state index in [2.05, 4.69) is 17.6 Å². The summed E-state index contributed by atoms with van der Waals surface area (Å²) in [5.41, 5.74) is 1.94. The van der Waals surface area contributed by atoms with Crippen molar-refractivity contribution in [3.63, 3.8) is 0 Å². The number of amides is 2. The standard InChI is InChI=1S/C16H22N2O3/c1-2-5-11-6-3-4-7-14(11)18-16(21)17-13-9-8-12(10-13)15(19)20/h3-4,6-7,12-13H,2,5,8-10H2,1H3,(H,19,20)(H2,17,18,21)/t12-,13+/m1/s1. The highest BCUT2D eigenvalue weighted by atomic mass is 16.4. The maximum absolute atomic E-state index is 12.0. The Morgan fingerprint density at radius 3 is 2.71 bits per heavy atom. The molecule has 0 aromatic heterocycles. The minimum absolute atomic E-state index is 0.0514. The van der Waals surface area contributed by atoms with Crippen molar-refractivity contribution < 1.29 is 14.7 Å². The molecule has 0 saturated heterocycles. The predicted molar refractivity (Wildman–Crippen MR) is 81.4 cm³/mol. The second kappa shape index (κ2) is 7.11. The smallest absolute Gasteiger partial charge is 0.319 e. The Morgan fingerprint density at radius 2 is 2.05 bits per heavy atom. The van der Waals surface area contributed by atoms with Crippen LogP contribution in [0.15, 0.2) is 24.3 Å². The van der Waals surface area contributed by atoms with Crippen LogP contribution in [0.25, 0.3) is 0 Å². The van der Waals surface area contributed by atoms with Gasteiger partial charge < -0.3 is 15.7 Å². The summed E-state index contributed by atoms with van der Waals surface area (Å²) in [5, 5.41) is 14.7. The zero-order valence-electron chi connectivity index (χ0n) is 12.3. The summed E-state index contributed by atoms with van der Waals surface area (Å²) in [7, 11) is 0. The minimum atomic E-state index is -0.770. The van der Waals surface area contributed by atoms with E-state index in [4.69, 9.17) is 5.11 Å². The molecule has 1 aliphatic rings. The number of urea groups is 1. The highest BCUT2D eigenvalue weighted by Crippen LogP contribution is 2.25. The number of benzene rings is 1. The number of aryl methyl sites for hydroxylation is 1. The fourth-order valence-corrected chi connectivity index (χ4v) is 2.81. The van der Waals surface area contributed by atoms with E-state index >= 15 is 0 Å². The van der Waals surface area contributed by atoms with Gasteiger partial charge in [-0.2, -0.15) is 0 Å². The summed E-state index contributed by atoms with van der Waals surface area (Å²) in [6.45, 7) is 2.10. The fraction of sp³-hybridized carbons (Fsp3) is 0.500. The maximum atomic E-state index is 12.0. The third kappa shape index (κ3) is 4.21. The molecule has 5 nitrogen and oxygen atoms in total. The number of nitrogens with one attached hydrogen (secondary N) is 2. The number of aliphatic carboxylic acids is 1. The number of hydrogen-bond donors (Lipinski definition) is 3. The maximum Gasteiger partial charge on any atom is 0.319 e. The molecule has 1 saturated carbocycles. The van der Waals surface area contributed by atoms with E-state index in [1.165, 1.54) is 0 Å². The van der Waals surface area contributed by atoms with Crippen molar-refractivity contribution in [3.8, 4) is 0 Å². The Hall–Kier alpha value is -2.04. The molecule has 2 atom stereocenters. The third-order valence-electron chi connectivity index (χ3n) is 3.90. The average Bonchev–Trinajstić information content (AvgIpc) is 2.90. The number of hydrogen-bond acceptors (Lipinski definition) is 2. The van der Waals surface area contributed by atoms with Gasteiger partial charge in [0.1, 0.15) is 0 Å². The molecule has 2 rings (SSSR count). The summed E-state index contributed by atoms with van der Waals surface area (Å²) in [6.07, 6.45) is 3.80. The SMILES string of the molecule is CCCc1ccccc1NC(=O)N[C@H]1CC[C@@H](C(=O)O)C1. The topological polar surface area (TPSA) is 78.4 Å². The molecule has 1 fully saturated rings. The van der Waals surface area contributed by atoms with Gasteiger partial charge in [-0.3, -0.25) is 4.79 Å². The van der Waals surface area contributed by atoms with Gasteiger partial charge in [0.25, 0.3) is 0 Å². The molecule has 3 N–H and O–H groups in total. The Morgan fingerprint density at radius 1 is 1.29 bits per heavy atom. The molecule has 1 aliphatic carbocycles. The zero-order chi connectivity index (χ0) is 15.2. The van der Waals surface area contributed by atoms with Crippen molar-refractivity contribution in [1.29, 1.82) is 0 Å². The lowest BCUT2D eigenvalue weighted by atomic mass is 10.1. The first kappa shape index (κ1) is 15.4. The van der Waals surface area contributed by atoms with Crippen LogP contribution in [0.5, 0.6) is 0 Å². The molecule has 1 aromatic carbocycles. The quantitative estimate of drug-likeness (QED) is 0.780. The lowest BCUT2D eigenvalue weighted by Crippen LogP contribution is -2.36. The van der Waals surface area contributed by atoms with Crippen LogP contribution in [0.4, 0.5) is 10.5 Å². The molecule has 0 bridgehead atoms. The van der Waals surface area contributed by atoms with Gasteiger partial charge in [-0.25, -0.2) is 4.79 Å². The Bertz CT molecular complexity index is 516.